The molecular weight excluding hydrogens is 350 g/mol. The fraction of sp³-hybridized carbons (Fsp3) is 0.625. The lowest BCUT2D eigenvalue weighted by molar-refractivity contribution is -0.141. The van der Waals surface area contributed by atoms with E-state index in [9.17, 15) is 26.7 Å². The van der Waals surface area contributed by atoms with E-state index in [1.807, 2.05) is 0 Å². The number of hydrogen-bond donors (Lipinski definition) is 0. The summed E-state index contributed by atoms with van der Waals surface area (Å²) in [6, 6.07) is 0. The molecule has 0 bridgehead atoms. The van der Waals surface area contributed by atoms with E-state index >= 15 is 0 Å². The first-order valence-electron chi connectivity index (χ1n) is 4.03. The maximum absolute atomic E-state index is 12.8. The standard InChI is InChI=1S/C8H8F5IO2/c1-4(15)16-3-5(14)2-8(12,13)6(9)7(10)11/h5H,2-3H2,1H3. The van der Waals surface area contributed by atoms with Gasteiger partial charge in [-0.1, -0.05) is 22.6 Å². The number of esters is 1. The number of carbonyl (C=O) groups is 1. The summed E-state index contributed by atoms with van der Waals surface area (Å²) in [5.41, 5.74) is 0. The van der Waals surface area contributed by atoms with Crippen LogP contribution < -0.4 is 0 Å². The van der Waals surface area contributed by atoms with E-state index in [1.165, 1.54) is 22.6 Å². The monoisotopic (exact) mass is 358 g/mol. The Morgan fingerprint density at radius 2 is 1.88 bits per heavy atom. The molecule has 8 heteroatoms. The number of rotatable bonds is 5. The smallest absolute Gasteiger partial charge is 0.307 e. The second-order valence-corrected chi connectivity index (χ2v) is 4.64. The molecule has 0 aromatic heterocycles. The van der Waals surface area contributed by atoms with Gasteiger partial charge in [0.15, 0.2) is 0 Å². The molecule has 16 heavy (non-hydrogen) atoms. The Balaban J connectivity index is 4.37. The summed E-state index contributed by atoms with van der Waals surface area (Å²) >= 11 is 1.47. The molecule has 0 fully saturated rings. The molecule has 0 aromatic carbocycles. The summed E-state index contributed by atoms with van der Waals surface area (Å²) in [4.78, 5) is 10.3. The minimum atomic E-state index is -4.25. The topological polar surface area (TPSA) is 26.3 Å². The zero-order valence-corrected chi connectivity index (χ0v) is 10.2. The summed E-state index contributed by atoms with van der Waals surface area (Å²) < 4.78 is 64.6. The zero-order chi connectivity index (χ0) is 12.9. The summed E-state index contributed by atoms with van der Waals surface area (Å²) in [7, 11) is 0. The molecule has 2 nitrogen and oxygen atoms in total. The van der Waals surface area contributed by atoms with Crippen LogP contribution in [-0.2, 0) is 9.53 Å². The van der Waals surface area contributed by atoms with Gasteiger partial charge in [-0.2, -0.15) is 22.0 Å². The summed E-state index contributed by atoms with van der Waals surface area (Å²) in [6.45, 7) is 0.690. The van der Waals surface area contributed by atoms with Crippen LogP contribution in [0.5, 0.6) is 0 Å². The van der Waals surface area contributed by atoms with E-state index in [0.717, 1.165) is 6.92 Å². The molecule has 0 spiro atoms. The van der Waals surface area contributed by atoms with Crippen molar-refractivity contribution in [2.24, 2.45) is 0 Å². The highest BCUT2D eigenvalue weighted by Gasteiger charge is 2.40. The van der Waals surface area contributed by atoms with Crippen LogP contribution in [0.15, 0.2) is 11.9 Å². The van der Waals surface area contributed by atoms with Crippen molar-refractivity contribution in [3.8, 4) is 0 Å². The summed E-state index contributed by atoms with van der Waals surface area (Å²) in [6.07, 6.45) is -4.20. The minimum Gasteiger partial charge on any atom is -0.465 e. The zero-order valence-electron chi connectivity index (χ0n) is 8.08. The molecule has 94 valence electrons. The number of allylic oxidation sites excluding steroid dienone is 1. The van der Waals surface area contributed by atoms with Crippen molar-refractivity contribution in [2.75, 3.05) is 6.61 Å². The second kappa shape index (κ2) is 6.36. The molecule has 0 saturated heterocycles. The van der Waals surface area contributed by atoms with E-state index in [2.05, 4.69) is 4.74 Å². The predicted octanol–water partition coefficient (Wildman–Crippen LogP) is 3.46. The van der Waals surface area contributed by atoms with Crippen LogP contribution in [0.25, 0.3) is 0 Å². The van der Waals surface area contributed by atoms with Crippen molar-refractivity contribution in [1.82, 2.24) is 0 Å². The van der Waals surface area contributed by atoms with Crippen LogP contribution in [-0.4, -0.2) is 22.4 Å². The van der Waals surface area contributed by atoms with Gasteiger partial charge in [0.1, 0.15) is 6.61 Å². The molecule has 1 unspecified atom stereocenters. The minimum absolute atomic E-state index is 0.382. The molecule has 0 aliphatic carbocycles. The Morgan fingerprint density at radius 3 is 2.25 bits per heavy atom. The van der Waals surface area contributed by atoms with Crippen molar-refractivity contribution in [3.63, 3.8) is 0 Å². The van der Waals surface area contributed by atoms with Gasteiger partial charge in [0.05, 0.1) is 3.92 Å². The van der Waals surface area contributed by atoms with E-state index in [4.69, 9.17) is 0 Å². The normalized spacial score (nSPS) is 13.2. The van der Waals surface area contributed by atoms with Crippen molar-refractivity contribution >= 4 is 28.6 Å². The summed E-state index contributed by atoms with van der Waals surface area (Å²) in [5, 5.41) is 0. The van der Waals surface area contributed by atoms with Crippen LogP contribution in [0, 0.1) is 0 Å². The average molecular weight is 358 g/mol. The van der Waals surface area contributed by atoms with Crippen LogP contribution >= 0.6 is 22.6 Å². The molecule has 0 aromatic rings. The Kier molecular flexibility index (Phi) is 6.19. The Labute approximate surface area is 102 Å². The van der Waals surface area contributed by atoms with Gasteiger partial charge in [-0.3, -0.25) is 4.79 Å². The van der Waals surface area contributed by atoms with Gasteiger partial charge in [0.25, 0.3) is 0 Å². The Hall–Kier alpha value is -0.410. The number of hydrogen-bond acceptors (Lipinski definition) is 2. The molecule has 0 amide bonds. The third kappa shape index (κ3) is 5.61. The van der Waals surface area contributed by atoms with Gasteiger partial charge in [0.2, 0.25) is 5.83 Å². The molecule has 0 radical (unpaired) electrons. The SMILES string of the molecule is CC(=O)OCC(I)CC(F)(F)C(F)=C(F)F. The lowest BCUT2D eigenvalue weighted by atomic mass is 10.2. The third-order valence-electron chi connectivity index (χ3n) is 1.43. The summed E-state index contributed by atoms with van der Waals surface area (Å²) in [5.74, 6) is -7.67. The van der Waals surface area contributed by atoms with Gasteiger partial charge < -0.3 is 4.74 Å². The number of alkyl halides is 3. The van der Waals surface area contributed by atoms with Crippen molar-refractivity contribution in [2.45, 2.75) is 23.2 Å². The Morgan fingerprint density at radius 1 is 1.38 bits per heavy atom. The van der Waals surface area contributed by atoms with Gasteiger partial charge in [-0.15, -0.1) is 0 Å². The van der Waals surface area contributed by atoms with Gasteiger partial charge >= 0.3 is 18.0 Å². The van der Waals surface area contributed by atoms with Gasteiger partial charge in [0, 0.05) is 13.3 Å². The third-order valence-corrected chi connectivity index (χ3v) is 2.23. The molecule has 0 N–H and O–H groups in total. The fourth-order valence-electron chi connectivity index (χ4n) is 0.773. The highest BCUT2D eigenvalue weighted by Crippen LogP contribution is 2.35. The number of ether oxygens (including phenoxy) is 1. The highest BCUT2D eigenvalue weighted by atomic mass is 127. The quantitative estimate of drug-likeness (QED) is 0.326. The average Bonchev–Trinajstić information content (AvgIpc) is 2.12. The molecule has 0 aliphatic heterocycles. The van der Waals surface area contributed by atoms with Gasteiger partial charge in [-0.05, 0) is 0 Å². The number of carbonyl (C=O) groups excluding carboxylic acids is 1. The predicted molar refractivity (Wildman–Crippen MR) is 54.4 cm³/mol. The fourth-order valence-corrected chi connectivity index (χ4v) is 1.51. The van der Waals surface area contributed by atoms with Gasteiger partial charge in [-0.25, -0.2) is 0 Å². The largest absolute Gasteiger partial charge is 0.465 e. The first-order chi connectivity index (χ1) is 7.16. The first kappa shape index (κ1) is 15.6. The maximum Gasteiger partial charge on any atom is 0.307 e. The molecule has 0 saturated carbocycles. The van der Waals surface area contributed by atoms with Crippen LogP contribution in [0.3, 0.4) is 0 Å². The van der Waals surface area contributed by atoms with Crippen molar-refractivity contribution < 1.29 is 31.5 Å². The molecular formula is C8H8F5IO2. The highest BCUT2D eigenvalue weighted by molar-refractivity contribution is 14.1. The Bertz CT molecular complexity index is 288. The molecule has 0 rings (SSSR count). The molecule has 0 heterocycles. The van der Waals surface area contributed by atoms with E-state index < -0.39 is 34.1 Å². The van der Waals surface area contributed by atoms with Crippen molar-refractivity contribution in [3.05, 3.63) is 11.9 Å². The van der Waals surface area contributed by atoms with Crippen LogP contribution in [0.2, 0.25) is 0 Å². The van der Waals surface area contributed by atoms with Crippen LogP contribution in [0.1, 0.15) is 13.3 Å². The van der Waals surface area contributed by atoms with E-state index in [0.29, 0.717) is 0 Å². The first-order valence-corrected chi connectivity index (χ1v) is 5.28. The van der Waals surface area contributed by atoms with Crippen molar-refractivity contribution in [1.29, 1.82) is 0 Å². The maximum atomic E-state index is 12.8. The van der Waals surface area contributed by atoms with Crippen LogP contribution in [0.4, 0.5) is 22.0 Å². The lowest BCUT2D eigenvalue weighted by Gasteiger charge is -2.17. The molecule has 0 aliphatic rings. The molecule has 1 atom stereocenters. The number of halogens is 6. The van der Waals surface area contributed by atoms with E-state index in [-0.39, 0.29) is 6.61 Å². The lowest BCUT2D eigenvalue weighted by Crippen LogP contribution is -2.25. The van der Waals surface area contributed by atoms with E-state index in [1.54, 1.807) is 0 Å². The second-order valence-electron chi connectivity index (χ2n) is 2.88.